The molecule has 0 fully saturated rings. The second-order valence-electron chi connectivity index (χ2n) is 5.14. The normalized spacial score (nSPS) is 18.8. The lowest BCUT2D eigenvalue weighted by Gasteiger charge is -2.18. The van der Waals surface area contributed by atoms with E-state index in [0.29, 0.717) is 0 Å². The Bertz CT molecular complexity index is 547. The van der Waals surface area contributed by atoms with Crippen molar-refractivity contribution in [3.05, 3.63) is 58.8 Å². The third kappa shape index (κ3) is 1.97. The Morgan fingerprint density at radius 1 is 1.12 bits per heavy atom. The molecule has 1 heterocycles. The fourth-order valence-electron chi connectivity index (χ4n) is 2.60. The number of fused-ring (bicyclic) bond motifs is 1. The van der Waals surface area contributed by atoms with Crippen molar-refractivity contribution in [1.82, 2.24) is 0 Å². The molecule has 0 bridgehead atoms. The highest BCUT2D eigenvalue weighted by atomic mass is 14.7. The van der Waals surface area contributed by atoms with Crippen molar-refractivity contribution in [2.75, 3.05) is 0 Å². The summed E-state index contributed by atoms with van der Waals surface area (Å²) in [4.78, 5) is 4.49. The van der Waals surface area contributed by atoms with E-state index in [9.17, 15) is 0 Å². The summed E-state index contributed by atoms with van der Waals surface area (Å²) in [6.45, 7) is 6.23. The molecule has 1 aromatic rings. The van der Waals surface area contributed by atoms with Crippen molar-refractivity contribution in [2.24, 2.45) is 4.99 Å². The number of allylic oxidation sites excluding steroid dienone is 2. The summed E-state index contributed by atoms with van der Waals surface area (Å²) >= 11 is 0. The molecule has 0 saturated carbocycles. The van der Waals surface area contributed by atoms with Crippen LogP contribution in [0.1, 0.15) is 36.5 Å². The number of aryl methyl sites for hydroxylation is 1. The van der Waals surface area contributed by atoms with Gasteiger partial charge in [-0.15, -0.1) is 0 Å². The maximum atomic E-state index is 4.49. The van der Waals surface area contributed by atoms with Crippen molar-refractivity contribution in [3.63, 3.8) is 0 Å². The molecule has 17 heavy (non-hydrogen) atoms. The fourth-order valence-corrected chi connectivity index (χ4v) is 2.60. The van der Waals surface area contributed by atoms with Gasteiger partial charge in [-0.05, 0) is 54.5 Å². The van der Waals surface area contributed by atoms with Gasteiger partial charge in [-0.2, -0.15) is 0 Å². The number of aliphatic imine (C=N–C) groups is 1. The van der Waals surface area contributed by atoms with E-state index in [1.54, 1.807) is 0 Å². The van der Waals surface area contributed by atoms with Gasteiger partial charge in [0.15, 0.2) is 0 Å². The van der Waals surface area contributed by atoms with Gasteiger partial charge < -0.3 is 0 Å². The molecule has 0 unspecified atom stereocenters. The Hall–Kier alpha value is -1.63. The maximum Gasteiger partial charge on any atom is 0.0516 e. The average molecular weight is 223 g/mol. The van der Waals surface area contributed by atoms with Gasteiger partial charge in [0, 0.05) is 12.6 Å². The zero-order valence-corrected chi connectivity index (χ0v) is 10.3. The second-order valence-corrected chi connectivity index (χ2v) is 5.14. The lowest BCUT2D eigenvalue weighted by Crippen LogP contribution is -2.07. The van der Waals surface area contributed by atoms with Gasteiger partial charge >= 0.3 is 0 Å². The number of benzene rings is 1. The third-order valence-corrected chi connectivity index (χ3v) is 3.61. The number of nitrogens with zero attached hydrogens (tertiary/aromatic N) is 1. The zero-order chi connectivity index (χ0) is 11.8. The zero-order valence-electron chi connectivity index (χ0n) is 10.3. The van der Waals surface area contributed by atoms with Crippen LogP contribution in [-0.4, -0.2) is 5.71 Å². The summed E-state index contributed by atoms with van der Waals surface area (Å²) < 4.78 is 0. The molecule has 2 aliphatic rings. The first-order valence-corrected chi connectivity index (χ1v) is 6.23. The molecular formula is C16H17N. The fraction of sp³-hybridized carbons (Fsp3) is 0.312. The highest BCUT2D eigenvalue weighted by Crippen LogP contribution is 2.26. The summed E-state index contributed by atoms with van der Waals surface area (Å²) in [5.41, 5.74) is 8.17. The van der Waals surface area contributed by atoms with Crippen molar-refractivity contribution in [3.8, 4) is 0 Å². The van der Waals surface area contributed by atoms with Crippen molar-refractivity contribution in [2.45, 2.75) is 32.6 Å². The standard InChI is InChI=1S/C16H17N/c1-11-3-4-14-9-15(6-5-13(14)7-11)16-8-12(2)10-17-16/h5-6,9-10H,1,3-4,7-8H2,2H3. The lowest BCUT2D eigenvalue weighted by atomic mass is 9.87. The summed E-state index contributed by atoms with van der Waals surface area (Å²) in [5, 5.41) is 0. The van der Waals surface area contributed by atoms with Crippen LogP contribution in [0.4, 0.5) is 0 Å². The molecular weight excluding hydrogens is 206 g/mol. The van der Waals surface area contributed by atoms with Gasteiger partial charge in [0.05, 0.1) is 5.71 Å². The van der Waals surface area contributed by atoms with E-state index >= 15 is 0 Å². The van der Waals surface area contributed by atoms with E-state index in [2.05, 4.69) is 36.7 Å². The summed E-state index contributed by atoms with van der Waals surface area (Å²) in [7, 11) is 0. The molecule has 0 saturated heterocycles. The molecule has 0 radical (unpaired) electrons. The first-order chi connectivity index (χ1) is 8.22. The monoisotopic (exact) mass is 223 g/mol. The third-order valence-electron chi connectivity index (χ3n) is 3.61. The molecule has 1 aliphatic heterocycles. The molecule has 1 aliphatic carbocycles. The van der Waals surface area contributed by atoms with Crippen LogP contribution < -0.4 is 0 Å². The summed E-state index contributed by atoms with van der Waals surface area (Å²) in [6.07, 6.45) is 6.32. The van der Waals surface area contributed by atoms with Gasteiger partial charge in [0.25, 0.3) is 0 Å². The first kappa shape index (κ1) is 10.5. The van der Waals surface area contributed by atoms with Gasteiger partial charge in [-0.3, -0.25) is 4.99 Å². The second kappa shape index (κ2) is 3.99. The molecule has 0 amide bonds. The van der Waals surface area contributed by atoms with Gasteiger partial charge in [0.1, 0.15) is 0 Å². The molecule has 3 rings (SSSR count). The highest BCUT2D eigenvalue weighted by Gasteiger charge is 2.15. The Morgan fingerprint density at radius 3 is 2.76 bits per heavy atom. The van der Waals surface area contributed by atoms with E-state index < -0.39 is 0 Å². The quantitative estimate of drug-likeness (QED) is 0.642. The van der Waals surface area contributed by atoms with Crippen LogP contribution in [0, 0.1) is 0 Å². The predicted octanol–water partition coefficient (Wildman–Crippen LogP) is 3.83. The molecule has 1 heteroatoms. The van der Waals surface area contributed by atoms with Crippen molar-refractivity contribution in [1.29, 1.82) is 0 Å². The molecule has 0 atom stereocenters. The topological polar surface area (TPSA) is 12.4 Å². The number of hydrogen-bond acceptors (Lipinski definition) is 1. The van der Waals surface area contributed by atoms with Crippen LogP contribution in [0.15, 0.2) is 47.1 Å². The highest BCUT2D eigenvalue weighted by molar-refractivity contribution is 6.03. The average Bonchev–Trinajstić information content (AvgIpc) is 2.75. The van der Waals surface area contributed by atoms with E-state index in [1.165, 1.54) is 33.5 Å². The Balaban J connectivity index is 1.92. The Morgan fingerprint density at radius 2 is 2.00 bits per heavy atom. The minimum atomic E-state index is 1.01. The number of rotatable bonds is 1. The lowest BCUT2D eigenvalue weighted by molar-refractivity contribution is 0.840. The molecule has 1 aromatic carbocycles. The van der Waals surface area contributed by atoms with Crippen LogP contribution >= 0.6 is 0 Å². The predicted molar refractivity (Wildman–Crippen MR) is 72.5 cm³/mol. The van der Waals surface area contributed by atoms with E-state index in [0.717, 1.165) is 25.7 Å². The first-order valence-electron chi connectivity index (χ1n) is 6.23. The molecule has 0 N–H and O–H groups in total. The Labute approximate surface area is 103 Å². The summed E-state index contributed by atoms with van der Waals surface area (Å²) in [6, 6.07) is 6.79. The maximum absolute atomic E-state index is 4.49. The molecule has 86 valence electrons. The number of hydrogen-bond donors (Lipinski definition) is 0. The Kier molecular flexibility index (Phi) is 2.47. The molecule has 1 nitrogen and oxygen atoms in total. The minimum Gasteiger partial charge on any atom is -0.260 e. The van der Waals surface area contributed by atoms with Crippen molar-refractivity contribution < 1.29 is 0 Å². The minimum absolute atomic E-state index is 1.01. The largest absolute Gasteiger partial charge is 0.260 e. The van der Waals surface area contributed by atoms with Gasteiger partial charge in [0.2, 0.25) is 0 Å². The van der Waals surface area contributed by atoms with Crippen molar-refractivity contribution >= 4 is 5.71 Å². The van der Waals surface area contributed by atoms with Gasteiger partial charge in [-0.1, -0.05) is 24.3 Å². The molecule has 0 aromatic heterocycles. The van der Waals surface area contributed by atoms with E-state index in [-0.39, 0.29) is 0 Å². The summed E-state index contributed by atoms with van der Waals surface area (Å²) in [5.74, 6) is 0. The van der Waals surface area contributed by atoms with Gasteiger partial charge in [-0.25, -0.2) is 0 Å². The SMILES string of the molecule is C=C1CCc2cc(C3=NC=C(C)C3)ccc2C1. The molecule has 0 spiro atoms. The van der Waals surface area contributed by atoms with Crippen LogP contribution in [0.25, 0.3) is 0 Å². The van der Waals surface area contributed by atoms with Crippen LogP contribution in [0.2, 0.25) is 0 Å². The van der Waals surface area contributed by atoms with Crippen LogP contribution in [0.3, 0.4) is 0 Å². The van der Waals surface area contributed by atoms with E-state index in [1.807, 2.05) is 6.20 Å². The smallest absolute Gasteiger partial charge is 0.0516 e. The van der Waals surface area contributed by atoms with Crippen LogP contribution in [0.5, 0.6) is 0 Å². The van der Waals surface area contributed by atoms with E-state index in [4.69, 9.17) is 0 Å². The van der Waals surface area contributed by atoms with Crippen LogP contribution in [-0.2, 0) is 12.8 Å².